The highest BCUT2D eigenvalue weighted by atomic mass is 31.1. The van der Waals surface area contributed by atoms with Gasteiger partial charge in [-0.2, -0.15) is 0 Å². The second kappa shape index (κ2) is 8.68. The van der Waals surface area contributed by atoms with Crippen LogP contribution >= 0.6 is 8.58 Å². The third-order valence-corrected chi connectivity index (χ3v) is 2.43. The van der Waals surface area contributed by atoms with Gasteiger partial charge in [0, 0.05) is 0 Å². The molecule has 0 aliphatic heterocycles. The molecule has 13 heavy (non-hydrogen) atoms. The lowest BCUT2D eigenvalue weighted by Gasteiger charge is -2.15. The molecule has 2 unspecified atom stereocenters. The summed E-state index contributed by atoms with van der Waals surface area (Å²) in [7, 11) is 0.957. The maximum Gasteiger partial charge on any atom is 0.152 e. The molecule has 3 atom stereocenters. The van der Waals surface area contributed by atoms with Crippen molar-refractivity contribution in [2.24, 2.45) is 0 Å². The van der Waals surface area contributed by atoms with Gasteiger partial charge in [-0.15, -0.1) is 8.58 Å². The van der Waals surface area contributed by atoms with Crippen LogP contribution in [0.4, 0.5) is 0 Å². The minimum Gasteiger partial charge on any atom is -0.368 e. The van der Waals surface area contributed by atoms with Crippen molar-refractivity contribution in [3.63, 3.8) is 0 Å². The lowest BCUT2D eigenvalue weighted by Crippen LogP contribution is -2.18. The molecule has 0 aliphatic rings. The second-order valence-corrected chi connectivity index (χ2v) is 4.21. The molecule has 0 aromatic carbocycles. The molecule has 0 heterocycles. The van der Waals surface area contributed by atoms with Gasteiger partial charge in [0.05, 0.1) is 6.10 Å². The van der Waals surface area contributed by atoms with Crippen molar-refractivity contribution >= 4 is 8.58 Å². The van der Waals surface area contributed by atoms with E-state index in [0.717, 1.165) is 21.4 Å². The Balaban J connectivity index is 3.80. The van der Waals surface area contributed by atoms with Gasteiger partial charge in [-0.3, -0.25) is 0 Å². The van der Waals surface area contributed by atoms with Crippen molar-refractivity contribution in [1.29, 1.82) is 0 Å². The van der Waals surface area contributed by atoms with Gasteiger partial charge in [0.1, 0.15) is 0 Å². The standard InChI is InChI=1S/C10H21O2P/c1-4-5-6-10(7-8-13-3)12-9(2)11/h5-6,9-11,13H,4,7-8H2,1-3H3/b6-5-/t9?,10-/m1/s1. The predicted octanol–water partition coefficient (Wildman–Crippen LogP) is 2.37. The molecule has 0 aromatic rings. The molecule has 0 bridgehead atoms. The minimum absolute atomic E-state index is 0.0902. The molecule has 0 fully saturated rings. The summed E-state index contributed by atoms with van der Waals surface area (Å²) in [5.41, 5.74) is 0. The minimum atomic E-state index is -0.660. The Labute approximate surface area is 83.2 Å². The van der Waals surface area contributed by atoms with E-state index in [2.05, 4.69) is 19.7 Å². The van der Waals surface area contributed by atoms with Crippen LogP contribution in [0.15, 0.2) is 12.2 Å². The highest BCUT2D eigenvalue weighted by molar-refractivity contribution is 7.36. The Morgan fingerprint density at radius 1 is 1.54 bits per heavy atom. The van der Waals surface area contributed by atoms with Crippen LogP contribution in [0, 0.1) is 0 Å². The van der Waals surface area contributed by atoms with Crippen LogP contribution < -0.4 is 0 Å². The lowest BCUT2D eigenvalue weighted by atomic mass is 10.2. The highest BCUT2D eigenvalue weighted by Gasteiger charge is 2.06. The zero-order valence-corrected chi connectivity index (χ0v) is 9.79. The van der Waals surface area contributed by atoms with E-state index in [4.69, 9.17) is 9.84 Å². The van der Waals surface area contributed by atoms with Gasteiger partial charge in [-0.05, 0) is 32.6 Å². The Morgan fingerprint density at radius 3 is 2.69 bits per heavy atom. The van der Waals surface area contributed by atoms with E-state index in [9.17, 15) is 0 Å². The Kier molecular flexibility index (Phi) is 8.74. The normalized spacial score (nSPS) is 17.2. The first-order chi connectivity index (χ1) is 6.20. The lowest BCUT2D eigenvalue weighted by molar-refractivity contribution is -0.109. The summed E-state index contributed by atoms with van der Waals surface area (Å²) >= 11 is 0. The number of rotatable bonds is 7. The number of hydrogen-bond acceptors (Lipinski definition) is 2. The molecule has 0 rings (SSSR count). The van der Waals surface area contributed by atoms with Crippen LogP contribution in [-0.2, 0) is 4.74 Å². The van der Waals surface area contributed by atoms with Gasteiger partial charge < -0.3 is 9.84 Å². The first-order valence-electron chi connectivity index (χ1n) is 4.85. The molecule has 0 aliphatic carbocycles. The first kappa shape index (κ1) is 13.1. The summed E-state index contributed by atoms with van der Waals surface area (Å²) in [5, 5.41) is 9.07. The van der Waals surface area contributed by atoms with Crippen molar-refractivity contribution in [3.05, 3.63) is 12.2 Å². The molecule has 2 nitrogen and oxygen atoms in total. The van der Waals surface area contributed by atoms with Gasteiger partial charge in [0.25, 0.3) is 0 Å². The van der Waals surface area contributed by atoms with Gasteiger partial charge in [-0.25, -0.2) is 0 Å². The molecule has 78 valence electrons. The average molecular weight is 204 g/mol. The maximum absolute atomic E-state index is 9.07. The van der Waals surface area contributed by atoms with Crippen LogP contribution in [-0.4, -0.2) is 30.3 Å². The smallest absolute Gasteiger partial charge is 0.152 e. The third kappa shape index (κ3) is 8.42. The summed E-state index contributed by atoms with van der Waals surface area (Å²) in [6, 6.07) is 0. The van der Waals surface area contributed by atoms with E-state index in [0.29, 0.717) is 0 Å². The third-order valence-electron chi connectivity index (χ3n) is 1.64. The van der Waals surface area contributed by atoms with Gasteiger partial charge in [0.2, 0.25) is 0 Å². The molecular formula is C10H21O2P. The summed E-state index contributed by atoms with van der Waals surface area (Å²) in [4.78, 5) is 0. The van der Waals surface area contributed by atoms with E-state index >= 15 is 0 Å². The molecule has 1 N–H and O–H groups in total. The summed E-state index contributed by atoms with van der Waals surface area (Å²) in [5.74, 6) is 0. The van der Waals surface area contributed by atoms with E-state index in [1.807, 2.05) is 6.08 Å². The molecular weight excluding hydrogens is 183 g/mol. The quantitative estimate of drug-likeness (QED) is 0.392. The van der Waals surface area contributed by atoms with Crippen LogP contribution in [0.25, 0.3) is 0 Å². The van der Waals surface area contributed by atoms with Crippen molar-refractivity contribution in [3.8, 4) is 0 Å². The van der Waals surface area contributed by atoms with Gasteiger partial charge in [-0.1, -0.05) is 19.1 Å². The first-order valence-corrected chi connectivity index (χ1v) is 6.56. The number of aliphatic hydroxyl groups is 1. The average Bonchev–Trinajstić information content (AvgIpc) is 2.09. The SMILES string of the molecule is CC/C=C\[C@H](CCPC)OC(C)O. The Bertz CT molecular complexity index is 135. The molecule has 0 saturated heterocycles. The van der Waals surface area contributed by atoms with Gasteiger partial charge in [0.15, 0.2) is 6.29 Å². The largest absolute Gasteiger partial charge is 0.368 e. The van der Waals surface area contributed by atoms with Gasteiger partial charge >= 0.3 is 0 Å². The van der Waals surface area contributed by atoms with Crippen LogP contribution in [0.2, 0.25) is 0 Å². The fraction of sp³-hybridized carbons (Fsp3) is 0.800. The summed E-state index contributed by atoms with van der Waals surface area (Å²) in [6.45, 7) is 5.93. The van der Waals surface area contributed by atoms with Crippen molar-refractivity contribution in [2.75, 3.05) is 12.8 Å². The Hall–Kier alpha value is 0.0900. The Morgan fingerprint density at radius 2 is 2.23 bits per heavy atom. The van der Waals surface area contributed by atoms with Crippen molar-refractivity contribution in [2.45, 2.75) is 39.1 Å². The zero-order chi connectivity index (χ0) is 10.1. The molecule has 0 saturated carbocycles. The zero-order valence-electron chi connectivity index (χ0n) is 8.79. The summed E-state index contributed by atoms with van der Waals surface area (Å²) in [6.07, 6.45) is 6.77. The fourth-order valence-corrected chi connectivity index (χ4v) is 1.61. The van der Waals surface area contributed by atoms with Crippen molar-refractivity contribution in [1.82, 2.24) is 0 Å². The van der Waals surface area contributed by atoms with E-state index in [1.54, 1.807) is 6.92 Å². The van der Waals surface area contributed by atoms with E-state index in [-0.39, 0.29) is 6.10 Å². The number of hydrogen-bond donors (Lipinski definition) is 1. The molecule has 0 radical (unpaired) electrons. The maximum atomic E-state index is 9.07. The topological polar surface area (TPSA) is 29.5 Å². The number of ether oxygens (including phenoxy) is 1. The van der Waals surface area contributed by atoms with E-state index < -0.39 is 6.29 Å². The van der Waals surface area contributed by atoms with Crippen LogP contribution in [0.5, 0.6) is 0 Å². The molecule has 0 aromatic heterocycles. The van der Waals surface area contributed by atoms with E-state index in [1.165, 1.54) is 6.16 Å². The molecule has 3 heteroatoms. The highest BCUT2D eigenvalue weighted by Crippen LogP contribution is 2.11. The van der Waals surface area contributed by atoms with Crippen LogP contribution in [0.1, 0.15) is 26.7 Å². The monoisotopic (exact) mass is 204 g/mol. The van der Waals surface area contributed by atoms with Crippen LogP contribution in [0.3, 0.4) is 0 Å². The predicted molar refractivity (Wildman–Crippen MR) is 59.7 cm³/mol. The second-order valence-electron chi connectivity index (χ2n) is 3.00. The molecule has 0 amide bonds. The number of allylic oxidation sites excluding steroid dienone is 1. The summed E-state index contributed by atoms with van der Waals surface area (Å²) < 4.78 is 5.33. The fourth-order valence-electron chi connectivity index (χ4n) is 1.04. The van der Waals surface area contributed by atoms with Crippen molar-refractivity contribution < 1.29 is 9.84 Å². The molecule has 0 spiro atoms. The number of aliphatic hydroxyl groups excluding tert-OH is 1.